The van der Waals surface area contributed by atoms with Crippen molar-refractivity contribution in [3.05, 3.63) is 53.1 Å². The molecule has 152 valence electrons. The van der Waals surface area contributed by atoms with Crippen molar-refractivity contribution in [1.82, 2.24) is 4.72 Å². The van der Waals surface area contributed by atoms with Gasteiger partial charge in [-0.25, -0.2) is 13.1 Å². The van der Waals surface area contributed by atoms with E-state index in [1.54, 1.807) is 12.1 Å². The van der Waals surface area contributed by atoms with Gasteiger partial charge in [0.05, 0.1) is 7.11 Å². The zero-order valence-corrected chi connectivity index (χ0v) is 18.1. The van der Waals surface area contributed by atoms with E-state index in [9.17, 15) is 8.42 Å². The molecule has 28 heavy (non-hydrogen) atoms. The molecule has 7 heteroatoms. The molecule has 5 nitrogen and oxygen atoms in total. The maximum Gasteiger partial charge on any atom is 0.244 e. The monoisotopic (exact) mass is 422 g/mol. The SMILES string of the molecule is COc1ccc(Cl)cc1S(=O)(=O)N[C@H](C)c1ccc(N2CCC[C@@H](C)C2)cc1. The number of rotatable bonds is 6. The molecule has 0 aromatic heterocycles. The van der Waals surface area contributed by atoms with E-state index >= 15 is 0 Å². The normalized spacial score (nSPS) is 18.7. The number of halogens is 1. The predicted molar refractivity (Wildman–Crippen MR) is 114 cm³/mol. The lowest BCUT2D eigenvalue weighted by atomic mass is 9.99. The van der Waals surface area contributed by atoms with Crippen LogP contribution in [0.1, 0.15) is 38.3 Å². The summed E-state index contributed by atoms with van der Waals surface area (Å²) in [7, 11) is -2.34. The van der Waals surface area contributed by atoms with Crippen molar-refractivity contribution in [2.75, 3.05) is 25.1 Å². The quantitative estimate of drug-likeness (QED) is 0.737. The number of sulfonamides is 1. The van der Waals surface area contributed by atoms with Crippen molar-refractivity contribution in [3.8, 4) is 5.75 Å². The molecular weight excluding hydrogens is 396 g/mol. The molecule has 0 radical (unpaired) electrons. The van der Waals surface area contributed by atoms with Gasteiger partial charge < -0.3 is 9.64 Å². The minimum atomic E-state index is -3.78. The molecule has 1 aliphatic rings. The second-order valence-corrected chi connectivity index (χ2v) is 9.54. The number of nitrogens with one attached hydrogen (secondary N) is 1. The van der Waals surface area contributed by atoms with Crippen molar-refractivity contribution < 1.29 is 13.2 Å². The van der Waals surface area contributed by atoms with Crippen LogP contribution in [0.15, 0.2) is 47.4 Å². The molecule has 1 saturated heterocycles. The molecule has 2 atom stereocenters. The van der Waals surface area contributed by atoms with Gasteiger partial charge in [-0.05, 0) is 61.6 Å². The van der Waals surface area contributed by atoms with E-state index in [1.165, 1.54) is 31.7 Å². The van der Waals surface area contributed by atoms with Crippen LogP contribution in [0.5, 0.6) is 5.75 Å². The van der Waals surface area contributed by atoms with Gasteiger partial charge in [0.2, 0.25) is 10.0 Å². The summed E-state index contributed by atoms with van der Waals surface area (Å²) < 4.78 is 33.6. The molecular formula is C21H27ClN2O3S. The van der Waals surface area contributed by atoms with E-state index in [4.69, 9.17) is 16.3 Å². The Hall–Kier alpha value is -1.76. The summed E-state index contributed by atoms with van der Waals surface area (Å²) in [6.07, 6.45) is 2.49. The van der Waals surface area contributed by atoms with E-state index < -0.39 is 10.0 Å². The number of hydrogen-bond donors (Lipinski definition) is 1. The van der Waals surface area contributed by atoms with Gasteiger partial charge in [0, 0.05) is 29.8 Å². The van der Waals surface area contributed by atoms with Gasteiger partial charge in [-0.1, -0.05) is 30.7 Å². The lowest BCUT2D eigenvalue weighted by molar-refractivity contribution is 0.402. The Bertz CT molecular complexity index is 916. The van der Waals surface area contributed by atoms with E-state index in [0.717, 1.165) is 18.7 Å². The van der Waals surface area contributed by atoms with Gasteiger partial charge in [0.25, 0.3) is 0 Å². The third kappa shape index (κ3) is 4.80. The number of hydrogen-bond acceptors (Lipinski definition) is 4. The standard InChI is InChI=1S/C21H27ClN2O3S/c1-15-5-4-12-24(14-15)19-9-6-17(7-10-19)16(2)23-28(25,26)21-13-18(22)8-11-20(21)27-3/h6-11,13,15-16,23H,4-5,12,14H2,1-3H3/t15-,16-/m1/s1. The summed E-state index contributed by atoms with van der Waals surface area (Å²) >= 11 is 5.98. The van der Waals surface area contributed by atoms with Gasteiger partial charge in [0.15, 0.2) is 0 Å². The summed E-state index contributed by atoms with van der Waals surface area (Å²) in [5, 5.41) is 0.342. The number of benzene rings is 2. The number of nitrogens with zero attached hydrogens (tertiary/aromatic N) is 1. The van der Waals surface area contributed by atoms with Crippen LogP contribution in [0.4, 0.5) is 5.69 Å². The molecule has 0 amide bonds. The Morgan fingerprint density at radius 2 is 1.93 bits per heavy atom. The second-order valence-electron chi connectivity index (χ2n) is 7.42. The highest BCUT2D eigenvalue weighted by atomic mass is 35.5. The zero-order chi connectivity index (χ0) is 20.3. The third-order valence-corrected chi connectivity index (χ3v) is 6.96. The summed E-state index contributed by atoms with van der Waals surface area (Å²) in [4.78, 5) is 2.43. The average molecular weight is 423 g/mol. The fraction of sp³-hybridized carbons (Fsp3) is 0.429. The first-order valence-electron chi connectivity index (χ1n) is 9.51. The van der Waals surface area contributed by atoms with Gasteiger partial charge in [-0.3, -0.25) is 0 Å². The predicted octanol–water partition coefficient (Wildman–Crippen LogP) is 4.62. The first-order chi connectivity index (χ1) is 13.3. The van der Waals surface area contributed by atoms with E-state index in [-0.39, 0.29) is 16.7 Å². The van der Waals surface area contributed by atoms with Crippen molar-refractivity contribution in [1.29, 1.82) is 0 Å². The Morgan fingerprint density at radius 3 is 2.57 bits per heavy atom. The molecule has 0 saturated carbocycles. The Kier molecular flexibility index (Phi) is 6.53. The van der Waals surface area contributed by atoms with Crippen LogP contribution in [-0.4, -0.2) is 28.6 Å². The Morgan fingerprint density at radius 1 is 1.21 bits per heavy atom. The van der Waals surface area contributed by atoms with Crippen LogP contribution in [-0.2, 0) is 10.0 Å². The van der Waals surface area contributed by atoms with Gasteiger partial charge in [-0.2, -0.15) is 0 Å². The highest BCUT2D eigenvalue weighted by Gasteiger charge is 2.23. The Labute approximate surface area is 172 Å². The molecule has 1 fully saturated rings. The van der Waals surface area contributed by atoms with Crippen molar-refractivity contribution >= 4 is 27.3 Å². The second kappa shape index (κ2) is 8.72. The van der Waals surface area contributed by atoms with E-state index in [1.807, 2.05) is 19.1 Å². The smallest absolute Gasteiger partial charge is 0.244 e. The molecule has 0 spiro atoms. The van der Waals surface area contributed by atoms with Crippen LogP contribution < -0.4 is 14.4 Å². The minimum Gasteiger partial charge on any atom is -0.495 e. The third-order valence-electron chi connectivity index (χ3n) is 5.16. The number of piperidine rings is 1. The first-order valence-corrected chi connectivity index (χ1v) is 11.4. The van der Waals surface area contributed by atoms with Crippen molar-refractivity contribution in [2.24, 2.45) is 5.92 Å². The minimum absolute atomic E-state index is 0.0354. The zero-order valence-electron chi connectivity index (χ0n) is 16.5. The molecule has 0 aliphatic carbocycles. The maximum absolute atomic E-state index is 12.8. The summed E-state index contributed by atoms with van der Waals surface area (Å²) in [6, 6.07) is 12.3. The lowest BCUT2D eigenvalue weighted by Crippen LogP contribution is -2.34. The molecule has 0 bridgehead atoms. The molecule has 1 aliphatic heterocycles. The van der Waals surface area contributed by atoms with Crippen LogP contribution in [0, 0.1) is 5.92 Å². The summed E-state index contributed by atoms with van der Waals surface area (Å²) in [5.41, 5.74) is 2.08. The molecule has 2 aromatic carbocycles. The highest BCUT2D eigenvalue weighted by molar-refractivity contribution is 7.89. The summed E-state index contributed by atoms with van der Waals surface area (Å²) in [5.74, 6) is 0.963. The topological polar surface area (TPSA) is 58.6 Å². The number of ether oxygens (including phenoxy) is 1. The lowest BCUT2D eigenvalue weighted by Gasteiger charge is -2.33. The van der Waals surface area contributed by atoms with Crippen LogP contribution in [0.2, 0.25) is 5.02 Å². The van der Waals surface area contributed by atoms with Crippen molar-refractivity contribution in [3.63, 3.8) is 0 Å². The number of methoxy groups -OCH3 is 1. The Balaban J connectivity index is 1.75. The highest BCUT2D eigenvalue weighted by Crippen LogP contribution is 2.29. The van der Waals surface area contributed by atoms with Crippen LogP contribution in [0.25, 0.3) is 0 Å². The fourth-order valence-corrected chi connectivity index (χ4v) is 5.29. The van der Waals surface area contributed by atoms with E-state index in [2.05, 4.69) is 28.7 Å². The molecule has 0 unspecified atom stereocenters. The summed E-state index contributed by atoms with van der Waals surface area (Å²) in [6.45, 7) is 6.24. The first kappa shape index (κ1) is 21.0. The maximum atomic E-state index is 12.8. The van der Waals surface area contributed by atoms with Crippen LogP contribution >= 0.6 is 11.6 Å². The van der Waals surface area contributed by atoms with Gasteiger partial charge in [0.1, 0.15) is 10.6 Å². The molecule has 1 N–H and O–H groups in total. The fourth-order valence-electron chi connectivity index (χ4n) is 3.62. The van der Waals surface area contributed by atoms with Crippen LogP contribution in [0.3, 0.4) is 0 Å². The number of anilines is 1. The van der Waals surface area contributed by atoms with E-state index in [0.29, 0.717) is 10.9 Å². The molecule has 1 heterocycles. The molecule has 2 aromatic rings. The van der Waals surface area contributed by atoms with Crippen molar-refractivity contribution in [2.45, 2.75) is 37.6 Å². The largest absolute Gasteiger partial charge is 0.495 e. The van der Waals surface area contributed by atoms with Gasteiger partial charge >= 0.3 is 0 Å². The average Bonchev–Trinajstić information content (AvgIpc) is 2.68. The molecule has 3 rings (SSSR count). The van der Waals surface area contributed by atoms with Gasteiger partial charge in [-0.15, -0.1) is 0 Å².